The summed E-state index contributed by atoms with van der Waals surface area (Å²) in [4.78, 5) is 6.97. The predicted octanol–water partition coefficient (Wildman–Crippen LogP) is 2.18. The van der Waals surface area contributed by atoms with Crippen molar-refractivity contribution in [1.29, 1.82) is 0 Å². The number of aromatic nitrogens is 1. The summed E-state index contributed by atoms with van der Waals surface area (Å²) in [6, 6.07) is 5.15. The Hall–Kier alpha value is -1.09. The molecule has 1 saturated carbocycles. The Labute approximate surface area is 103 Å². The minimum atomic E-state index is 0.772. The van der Waals surface area contributed by atoms with Gasteiger partial charge in [-0.25, -0.2) is 4.98 Å². The molecular weight excluding hydrogens is 210 g/mol. The van der Waals surface area contributed by atoms with E-state index in [4.69, 9.17) is 0 Å². The van der Waals surface area contributed by atoms with Crippen LogP contribution < -0.4 is 10.2 Å². The molecule has 0 bridgehead atoms. The standard InChI is InChI=1S/C14H21N3/c1-11-6-7-17(10-11)14-5-2-12(9-16-14)8-15-13-3-4-13/h2,5,9,11,13,15H,3-4,6-8,10H2,1H3. The maximum absolute atomic E-state index is 4.58. The highest BCUT2D eigenvalue weighted by Crippen LogP contribution is 2.22. The lowest BCUT2D eigenvalue weighted by molar-refractivity contribution is 0.658. The number of nitrogens with one attached hydrogen (secondary N) is 1. The van der Waals surface area contributed by atoms with Crippen LogP contribution in [0.2, 0.25) is 0 Å². The number of nitrogens with zero attached hydrogens (tertiary/aromatic N) is 2. The normalized spacial score (nSPS) is 24.3. The highest BCUT2D eigenvalue weighted by atomic mass is 15.2. The van der Waals surface area contributed by atoms with Gasteiger partial charge in [0.1, 0.15) is 5.82 Å². The number of hydrogen-bond acceptors (Lipinski definition) is 3. The van der Waals surface area contributed by atoms with Crippen LogP contribution in [-0.4, -0.2) is 24.1 Å². The molecule has 3 nitrogen and oxygen atoms in total. The van der Waals surface area contributed by atoms with Gasteiger partial charge in [-0.05, 0) is 36.8 Å². The molecule has 0 spiro atoms. The second kappa shape index (κ2) is 4.65. The van der Waals surface area contributed by atoms with Crippen molar-refractivity contribution in [3.05, 3.63) is 23.9 Å². The van der Waals surface area contributed by atoms with E-state index in [1.165, 1.54) is 24.8 Å². The number of anilines is 1. The molecule has 2 fully saturated rings. The quantitative estimate of drug-likeness (QED) is 0.861. The van der Waals surface area contributed by atoms with Crippen molar-refractivity contribution < 1.29 is 0 Å². The average Bonchev–Trinajstić information content (AvgIpc) is 3.09. The lowest BCUT2D eigenvalue weighted by atomic mass is 10.2. The van der Waals surface area contributed by atoms with E-state index in [0.29, 0.717) is 0 Å². The van der Waals surface area contributed by atoms with Crippen LogP contribution in [0.15, 0.2) is 18.3 Å². The Morgan fingerprint density at radius 2 is 2.24 bits per heavy atom. The molecule has 1 aromatic rings. The predicted molar refractivity (Wildman–Crippen MR) is 70.1 cm³/mol. The molecule has 92 valence electrons. The van der Waals surface area contributed by atoms with Gasteiger partial charge in [0.15, 0.2) is 0 Å². The van der Waals surface area contributed by atoms with Gasteiger partial charge in [-0.2, -0.15) is 0 Å². The monoisotopic (exact) mass is 231 g/mol. The molecule has 17 heavy (non-hydrogen) atoms. The molecule has 2 heterocycles. The van der Waals surface area contributed by atoms with Crippen LogP contribution >= 0.6 is 0 Å². The van der Waals surface area contributed by atoms with Gasteiger partial charge >= 0.3 is 0 Å². The molecule has 0 aromatic carbocycles. The molecule has 1 N–H and O–H groups in total. The number of pyridine rings is 1. The SMILES string of the molecule is CC1CCN(c2ccc(CNC3CC3)cn2)C1. The van der Waals surface area contributed by atoms with Gasteiger partial charge in [0.25, 0.3) is 0 Å². The fraction of sp³-hybridized carbons (Fsp3) is 0.643. The van der Waals surface area contributed by atoms with Gasteiger partial charge in [0, 0.05) is 31.9 Å². The Morgan fingerprint density at radius 1 is 1.35 bits per heavy atom. The summed E-state index contributed by atoms with van der Waals surface area (Å²) in [5.41, 5.74) is 1.30. The number of hydrogen-bond donors (Lipinski definition) is 1. The Bertz CT molecular complexity index is 370. The first-order valence-electron chi connectivity index (χ1n) is 6.74. The molecule has 2 aliphatic rings. The second-order valence-corrected chi connectivity index (χ2v) is 5.52. The summed E-state index contributed by atoms with van der Waals surface area (Å²) in [5, 5.41) is 3.52. The fourth-order valence-electron chi connectivity index (χ4n) is 2.40. The van der Waals surface area contributed by atoms with Gasteiger partial charge in [0.05, 0.1) is 0 Å². The highest BCUT2D eigenvalue weighted by Gasteiger charge is 2.21. The van der Waals surface area contributed by atoms with E-state index in [2.05, 4.69) is 34.3 Å². The largest absolute Gasteiger partial charge is 0.356 e. The lowest BCUT2D eigenvalue weighted by Crippen LogP contribution is -2.20. The summed E-state index contributed by atoms with van der Waals surface area (Å²) in [6.45, 7) is 5.60. The summed E-state index contributed by atoms with van der Waals surface area (Å²) in [6.07, 6.45) is 6.01. The summed E-state index contributed by atoms with van der Waals surface area (Å²) in [7, 11) is 0. The van der Waals surface area contributed by atoms with Gasteiger partial charge in [0.2, 0.25) is 0 Å². The molecule has 1 atom stereocenters. The summed E-state index contributed by atoms with van der Waals surface area (Å²) >= 11 is 0. The summed E-state index contributed by atoms with van der Waals surface area (Å²) < 4.78 is 0. The number of rotatable bonds is 4. The zero-order valence-corrected chi connectivity index (χ0v) is 10.5. The minimum absolute atomic E-state index is 0.772. The first-order valence-corrected chi connectivity index (χ1v) is 6.74. The molecule has 0 radical (unpaired) electrons. The van der Waals surface area contributed by atoms with Crippen molar-refractivity contribution >= 4 is 5.82 Å². The van der Waals surface area contributed by atoms with Crippen LogP contribution in [0.1, 0.15) is 31.7 Å². The maximum atomic E-state index is 4.58. The zero-order chi connectivity index (χ0) is 11.7. The molecule has 1 saturated heterocycles. The molecule has 3 heteroatoms. The van der Waals surface area contributed by atoms with E-state index in [0.717, 1.165) is 37.4 Å². The van der Waals surface area contributed by atoms with Crippen LogP contribution in [-0.2, 0) is 6.54 Å². The van der Waals surface area contributed by atoms with Crippen molar-refractivity contribution in [3.63, 3.8) is 0 Å². The zero-order valence-electron chi connectivity index (χ0n) is 10.5. The van der Waals surface area contributed by atoms with E-state index in [1.54, 1.807) is 0 Å². The topological polar surface area (TPSA) is 28.2 Å². The van der Waals surface area contributed by atoms with Crippen molar-refractivity contribution in [2.45, 2.75) is 38.8 Å². The fourth-order valence-corrected chi connectivity index (χ4v) is 2.40. The smallest absolute Gasteiger partial charge is 0.128 e. The van der Waals surface area contributed by atoms with Gasteiger partial charge in [-0.1, -0.05) is 13.0 Å². The van der Waals surface area contributed by atoms with Crippen LogP contribution in [0.5, 0.6) is 0 Å². The van der Waals surface area contributed by atoms with E-state index < -0.39 is 0 Å². The second-order valence-electron chi connectivity index (χ2n) is 5.52. The van der Waals surface area contributed by atoms with Gasteiger partial charge in [-0.3, -0.25) is 0 Å². The molecule has 1 aliphatic heterocycles. The van der Waals surface area contributed by atoms with Crippen molar-refractivity contribution in [2.24, 2.45) is 5.92 Å². The van der Waals surface area contributed by atoms with E-state index >= 15 is 0 Å². The van der Waals surface area contributed by atoms with E-state index in [-0.39, 0.29) is 0 Å². The van der Waals surface area contributed by atoms with E-state index in [1.807, 2.05) is 6.20 Å². The first kappa shape index (κ1) is 11.0. The van der Waals surface area contributed by atoms with Crippen molar-refractivity contribution in [1.82, 2.24) is 10.3 Å². The highest BCUT2D eigenvalue weighted by molar-refractivity contribution is 5.40. The Kier molecular flexibility index (Phi) is 3.02. The molecule has 1 unspecified atom stereocenters. The third-order valence-corrected chi connectivity index (χ3v) is 3.73. The third-order valence-electron chi connectivity index (χ3n) is 3.73. The van der Waals surface area contributed by atoms with Crippen LogP contribution in [0.25, 0.3) is 0 Å². The molecule has 1 aliphatic carbocycles. The minimum Gasteiger partial charge on any atom is -0.356 e. The maximum Gasteiger partial charge on any atom is 0.128 e. The molecule has 1 aromatic heterocycles. The van der Waals surface area contributed by atoms with Crippen LogP contribution in [0.3, 0.4) is 0 Å². The Morgan fingerprint density at radius 3 is 2.82 bits per heavy atom. The third kappa shape index (κ3) is 2.78. The van der Waals surface area contributed by atoms with Crippen molar-refractivity contribution in [2.75, 3.05) is 18.0 Å². The van der Waals surface area contributed by atoms with Crippen LogP contribution in [0.4, 0.5) is 5.82 Å². The Balaban J connectivity index is 1.58. The first-order chi connectivity index (χ1) is 8.31. The van der Waals surface area contributed by atoms with E-state index in [9.17, 15) is 0 Å². The van der Waals surface area contributed by atoms with Crippen molar-refractivity contribution in [3.8, 4) is 0 Å². The average molecular weight is 231 g/mol. The van der Waals surface area contributed by atoms with Gasteiger partial charge < -0.3 is 10.2 Å². The molecule has 0 amide bonds. The molecular formula is C14H21N3. The van der Waals surface area contributed by atoms with Crippen LogP contribution in [0, 0.1) is 5.92 Å². The summed E-state index contributed by atoms with van der Waals surface area (Å²) in [5.74, 6) is 1.96. The molecule has 3 rings (SSSR count). The lowest BCUT2D eigenvalue weighted by Gasteiger charge is -2.17. The van der Waals surface area contributed by atoms with Gasteiger partial charge in [-0.15, -0.1) is 0 Å².